The predicted octanol–water partition coefficient (Wildman–Crippen LogP) is 2.39. The van der Waals surface area contributed by atoms with Gasteiger partial charge in [0.25, 0.3) is 0 Å². The van der Waals surface area contributed by atoms with Gasteiger partial charge in [0, 0.05) is 38.3 Å². The number of nitrogens with zero attached hydrogens (tertiary/aromatic N) is 1. The van der Waals surface area contributed by atoms with Crippen molar-refractivity contribution >= 4 is 5.57 Å². The molecule has 0 aliphatic carbocycles. The van der Waals surface area contributed by atoms with Crippen LogP contribution >= 0.6 is 0 Å². The first-order valence-electron chi connectivity index (χ1n) is 7.04. The predicted molar refractivity (Wildman–Crippen MR) is 80.6 cm³/mol. The molecule has 1 N–H and O–H groups in total. The van der Waals surface area contributed by atoms with Crippen LogP contribution in [0.1, 0.15) is 18.9 Å². The van der Waals surface area contributed by atoms with Crippen molar-refractivity contribution in [3.05, 3.63) is 35.9 Å². The number of ether oxygens (including phenoxy) is 1. The summed E-state index contributed by atoms with van der Waals surface area (Å²) in [6.45, 7) is 7.89. The fraction of sp³-hybridized carbons (Fsp3) is 0.500. The monoisotopic (exact) mass is 260 g/mol. The summed E-state index contributed by atoms with van der Waals surface area (Å²) >= 11 is 0. The molecule has 0 aromatic heterocycles. The van der Waals surface area contributed by atoms with E-state index in [0.29, 0.717) is 0 Å². The van der Waals surface area contributed by atoms with E-state index in [9.17, 15) is 0 Å². The number of hydrogen-bond acceptors (Lipinski definition) is 3. The van der Waals surface area contributed by atoms with Gasteiger partial charge in [-0.3, -0.25) is 0 Å². The molecular formula is C16H24N2O. The average molecular weight is 260 g/mol. The molecule has 1 aromatic carbocycles. The summed E-state index contributed by atoms with van der Waals surface area (Å²) in [5.74, 6) is 0.957. The SMILES string of the molecule is COc1ccccc1/C(C)=C/CCN1CCNCC1. The van der Waals surface area contributed by atoms with Gasteiger partial charge in [-0.1, -0.05) is 24.3 Å². The molecule has 1 aliphatic heterocycles. The van der Waals surface area contributed by atoms with Crippen molar-refractivity contribution in [2.45, 2.75) is 13.3 Å². The lowest BCUT2D eigenvalue weighted by atomic mass is 10.1. The molecular weight excluding hydrogens is 236 g/mol. The van der Waals surface area contributed by atoms with Crippen LogP contribution in [0.15, 0.2) is 30.3 Å². The van der Waals surface area contributed by atoms with Gasteiger partial charge in [-0.15, -0.1) is 0 Å². The Labute approximate surface area is 116 Å². The summed E-state index contributed by atoms with van der Waals surface area (Å²) in [6, 6.07) is 8.21. The minimum Gasteiger partial charge on any atom is -0.496 e. The second kappa shape index (κ2) is 7.31. The molecule has 104 valence electrons. The number of methoxy groups -OCH3 is 1. The van der Waals surface area contributed by atoms with E-state index in [2.05, 4.69) is 35.3 Å². The molecule has 3 nitrogen and oxygen atoms in total. The van der Waals surface area contributed by atoms with E-state index in [-0.39, 0.29) is 0 Å². The molecule has 2 rings (SSSR count). The largest absolute Gasteiger partial charge is 0.496 e. The summed E-state index contributed by atoms with van der Waals surface area (Å²) in [5.41, 5.74) is 2.50. The molecule has 0 unspecified atom stereocenters. The van der Waals surface area contributed by atoms with E-state index >= 15 is 0 Å². The molecule has 19 heavy (non-hydrogen) atoms. The zero-order valence-corrected chi connectivity index (χ0v) is 12.0. The van der Waals surface area contributed by atoms with Crippen molar-refractivity contribution in [1.29, 1.82) is 0 Å². The van der Waals surface area contributed by atoms with Crippen LogP contribution in [0, 0.1) is 0 Å². The molecule has 0 amide bonds. The maximum Gasteiger partial charge on any atom is 0.126 e. The Kier molecular flexibility index (Phi) is 5.43. The summed E-state index contributed by atoms with van der Waals surface area (Å²) in [5, 5.41) is 3.38. The number of rotatable bonds is 5. The lowest BCUT2D eigenvalue weighted by Gasteiger charge is -2.26. The number of allylic oxidation sites excluding steroid dienone is 1. The smallest absolute Gasteiger partial charge is 0.126 e. The van der Waals surface area contributed by atoms with Crippen molar-refractivity contribution in [2.24, 2.45) is 0 Å². The Balaban J connectivity index is 1.91. The normalized spacial score (nSPS) is 17.5. The van der Waals surface area contributed by atoms with Crippen molar-refractivity contribution in [3.63, 3.8) is 0 Å². The van der Waals surface area contributed by atoms with E-state index in [1.54, 1.807) is 7.11 Å². The summed E-state index contributed by atoms with van der Waals surface area (Å²) in [6.07, 6.45) is 3.42. The van der Waals surface area contributed by atoms with Gasteiger partial charge in [0.1, 0.15) is 5.75 Å². The molecule has 0 spiro atoms. The minimum absolute atomic E-state index is 0.957. The number of nitrogens with one attached hydrogen (secondary N) is 1. The molecule has 1 aromatic rings. The van der Waals surface area contributed by atoms with Crippen molar-refractivity contribution in [2.75, 3.05) is 39.8 Å². The number of piperazine rings is 1. The maximum atomic E-state index is 5.40. The van der Waals surface area contributed by atoms with Crippen molar-refractivity contribution in [3.8, 4) is 5.75 Å². The molecule has 0 atom stereocenters. The first-order valence-corrected chi connectivity index (χ1v) is 7.04. The van der Waals surface area contributed by atoms with Gasteiger partial charge in [-0.05, 0) is 25.0 Å². The Bertz CT molecular complexity index is 423. The van der Waals surface area contributed by atoms with Crippen LogP contribution in [0.25, 0.3) is 5.57 Å². The van der Waals surface area contributed by atoms with Gasteiger partial charge in [0.05, 0.1) is 7.11 Å². The van der Waals surface area contributed by atoms with Crippen LogP contribution < -0.4 is 10.1 Å². The quantitative estimate of drug-likeness (QED) is 0.880. The number of benzene rings is 1. The van der Waals surface area contributed by atoms with Crippen LogP contribution in [-0.4, -0.2) is 44.7 Å². The highest BCUT2D eigenvalue weighted by atomic mass is 16.5. The first-order chi connectivity index (χ1) is 9.31. The molecule has 1 fully saturated rings. The first kappa shape index (κ1) is 14.1. The zero-order valence-electron chi connectivity index (χ0n) is 12.0. The van der Waals surface area contributed by atoms with Crippen LogP contribution in [0.5, 0.6) is 5.75 Å². The highest BCUT2D eigenvalue weighted by Gasteiger charge is 2.08. The van der Waals surface area contributed by atoms with Crippen molar-refractivity contribution < 1.29 is 4.74 Å². The Hall–Kier alpha value is -1.32. The molecule has 1 saturated heterocycles. The van der Waals surface area contributed by atoms with Crippen LogP contribution in [0.3, 0.4) is 0 Å². The molecule has 0 bridgehead atoms. The third kappa shape index (κ3) is 4.08. The van der Waals surface area contributed by atoms with Crippen molar-refractivity contribution in [1.82, 2.24) is 10.2 Å². The van der Waals surface area contributed by atoms with Gasteiger partial charge in [0.15, 0.2) is 0 Å². The van der Waals surface area contributed by atoms with E-state index in [1.807, 2.05) is 12.1 Å². The van der Waals surface area contributed by atoms with Gasteiger partial charge < -0.3 is 15.0 Å². The maximum absolute atomic E-state index is 5.40. The summed E-state index contributed by atoms with van der Waals surface area (Å²) in [7, 11) is 1.73. The highest BCUT2D eigenvalue weighted by Crippen LogP contribution is 2.25. The van der Waals surface area contributed by atoms with E-state index in [1.165, 1.54) is 24.2 Å². The highest BCUT2D eigenvalue weighted by molar-refractivity contribution is 5.68. The molecule has 0 radical (unpaired) electrons. The minimum atomic E-state index is 0.957. The summed E-state index contributed by atoms with van der Waals surface area (Å²) in [4.78, 5) is 2.52. The number of para-hydroxylation sites is 1. The van der Waals surface area contributed by atoms with Crippen LogP contribution in [0.2, 0.25) is 0 Å². The Morgan fingerprint density at radius 3 is 2.79 bits per heavy atom. The zero-order chi connectivity index (χ0) is 13.5. The van der Waals surface area contributed by atoms with Crippen LogP contribution in [0.4, 0.5) is 0 Å². The fourth-order valence-electron chi connectivity index (χ4n) is 2.48. The Morgan fingerprint density at radius 1 is 1.32 bits per heavy atom. The molecule has 0 saturated carbocycles. The second-order valence-electron chi connectivity index (χ2n) is 4.97. The van der Waals surface area contributed by atoms with E-state index in [4.69, 9.17) is 4.74 Å². The lowest BCUT2D eigenvalue weighted by Crippen LogP contribution is -2.43. The average Bonchev–Trinajstić information content (AvgIpc) is 2.48. The Morgan fingerprint density at radius 2 is 2.05 bits per heavy atom. The van der Waals surface area contributed by atoms with Gasteiger partial charge in [0.2, 0.25) is 0 Å². The lowest BCUT2D eigenvalue weighted by molar-refractivity contribution is 0.245. The summed E-state index contributed by atoms with van der Waals surface area (Å²) < 4.78 is 5.40. The van der Waals surface area contributed by atoms with Gasteiger partial charge >= 0.3 is 0 Å². The number of hydrogen-bond donors (Lipinski definition) is 1. The fourth-order valence-corrected chi connectivity index (χ4v) is 2.48. The molecule has 1 aliphatic rings. The van der Waals surface area contributed by atoms with Gasteiger partial charge in [-0.2, -0.15) is 0 Å². The molecule has 3 heteroatoms. The van der Waals surface area contributed by atoms with Gasteiger partial charge in [-0.25, -0.2) is 0 Å². The topological polar surface area (TPSA) is 24.5 Å². The third-order valence-corrected chi connectivity index (χ3v) is 3.64. The standard InChI is InChI=1S/C16H24N2O/c1-14(15-7-3-4-8-16(15)19-2)6-5-11-18-12-9-17-10-13-18/h3-4,6-8,17H,5,9-13H2,1-2H3/b14-6+. The molecule has 1 heterocycles. The second-order valence-corrected chi connectivity index (χ2v) is 4.97. The van der Waals surface area contributed by atoms with E-state index < -0.39 is 0 Å². The third-order valence-electron chi connectivity index (χ3n) is 3.64. The van der Waals surface area contributed by atoms with E-state index in [0.717, 1.165) is 31.8 Å². The van der Waals surface area contributed by atoms with Crippen LogP contribution in [-0.2, 0) is 0 Å².